The van der Waals surface area contributed by atoms with Crippen molar-refractivity contribution >= 4 is 0 Å². The monoisotopic (exact) mass is 404 g/mol. The molecule has 0 bridgehead atoms. The van der Waals surface area contributed by atoms with Crippen molar-refractivity contribution in [1.29, 1.82) is 0 Å². The van der Waals surface area contributed by atoms with Gasteiger partial charge < -0.3 is 19.3 Å². The molecule has 1 heterocycles. The van der Waals surface area contributed by atoms with Gasteiger partial charge in [-0.15, -0.1) is 0 Å². The minimum absolute atomic E-state index is 0.151. The van der Waals surface area contributed by atoms with E-state index in [9.17, 15) is 5.11 Å². The highest BCUT2D eigenvalue weighted by atomic mass is 16.6. The third kappa shape index (κ3) is 5.55. The second-order valence-corrected chi connectivity index (χ2v) is 7.68. The first kappa shape index (κ1) is 20.8. The Balaban J connectivity index is 1.42. The van der Waals surface area contributed by atoms with Crippen LogP contribution in [0.4, 0.5) is 0 Å². The maximum absolute atomic E-state index is 10.6. The van der Waals surface area contributed by atoms with Crippen LogP contribution in [0, 0.1) is 5.92 Å². The topological polar surface area (TPSA) is 47.9 Å². The molecule has 3 aromatic carbocycles. The predicted molar refractivity (Wildman–Crippen MR) is 116 cm³/mol. The summed E-state index contributed by atoms with van der Waals surface area (Å²) >= 11 is 0. The molecule has 4 rings (SSSR count). The molecule has 0 radical (unpaired) electrons. The lowest BCUT2D eigenvalue weighted by molar-refractivity contribution is -0.127. The Morgan fingerprint density at radius 2 is 1.23 bits per heavy atom. The van der Waals surface area contributed by atoms with Crippen LogP contribution in [0.1, 0.15) is 16.7 Å². The third-order valence-electron chi connectivity index (χ3n) is 5.46. The summed E-state index contributed by atoms with van der Waals surface area (Å²) in [5.41, 5.74) is 3.37. The Labute approximate surface area is 178 Å². The molecule has 0 saturated carbocycles. The second kappa shape index (κ2) is 10.5. The molecule has 0 aromatic heterocycles. The first-order valence-corrected chi connectivity index (χ1v) is 10.4. The van der Waals surface area contributed by atoms with E-state index < -0.39 is 6.29 Å². The van der Waals surface area contributed by atoms with Gasteiger partial charge in [-0.2, -0.15) is 0 Å². The molecular formula is C26H28O4. The molecule has 1 saturated heterocycles. The molecule has 4 nitrogen and oxygen atoms in total. The lowest BCUT2D eigenvalue weighted by atomic mass is 9.93. The van der Waals surface area contributed by atoms with Crippen LogP contribution in [0.2, 0.25) is 0 Å². The molecule has 0 amide bonds. The number of hydrogen-bond donors (Lipinski definition) is 1. The van der Waals surface area contributed by atoms with E-state index in [0.717, 1.165) is 16.7 Å². The van der Waals surface area contributed by atoms with Crippen LogP contribution in [-0.4, -0.2) is 30.2 Å². The van der Waals surface area contributed by atoms with E-state index in [2.05, 4.69) is 12.1 Å². The van der Waals surface area contributed by atoms with Crippen molar-refractivity contribution in [3.8, 4) is 0 Å². The van der Waals surface area contributed by atoms with E-state index in [1.165, 1.54) is 0 Å². The van der Waals surface area contributed by atoms with Gasteiger partial charge in [0.15, 0.2) is 6.29 Å². The zero-order valence-corrected chi connectivity index (χ0v) is 17.0. The fourth-order valence-corrected chi connectivity index (χ4v) is 3.90. The molecule has 2 unspecified atom stereocenters. The largest absolute Gasteiger partial charge is 0.374 e. The minimum Gasteiger partial charge on any atom is -0.374 e. The zero-order chi connectivity index (χ0) is 20.6. The Morgan fingerprint density at radius 3 is 1.83 bits per heavy atom. The fourth-order valence-electron chi connectivity index (χ4n) is 3.90. The predicted octanol–water partition coefficient (Wildman–Crippen LogP) is 4.36. The van der Waals surface area contributed by atoms with Gasteiger partial charge in [0, 0.05) is 5.92 Å². The van der Waals surface area contributed by atoms with Gasteiger partial charge in [0.2, 0.25) is 0 Å². The lowest BCUT2D eigenvalue weighted by Gasteiger charge is -2.24. The molecule has 156 valence electrons. The normalized spacial score (nSPS) is 23.5. The summed E-state index contributed by atoms with van der Waals surface area (Å²) in [4.78, 5) is 0. The maximum Gasteiger partial charge on any atom is 0.160 e. The number of rotatable bonds is 9. The number of aliphatic hydroxyl groups is 1. The van der Waals surface area contributed by atoms with Crippen molar-refractivity contribution in [2.24, 2.45) is 5.92 Å². The quantitative estimate of drug-likeness (QED) is 0.576. The van der Waals surface area contributed by atoms with Gasteiger partial charge >= 0.3 is 0 Å². The Hall–Kier alpha value is -2.50. The first-order valence-electron chi connectivity index (χ1n) is 10.4. The average molecular weight is 405 g/mol. The highest BCUT2D eigenvalue weighted by Gasteiger charge is 2.44. The Kier molecular flexibility index (Phi) is 7.27. The van der Waals surface area contributed by atoms with Gasteiger partial charge in [-0.25, -0.2) is 0 Å². The molecule has 30 heavy (non-hydrogen) atoms. The van der Waals surface area contributed by atoms with Crippen LogP contribution in [0.25, 0.3) is 0 Å². The van der Waals surface area contributed by atoms with Crippen LogP contribution in [0.5, 0.6) is 0 Å². The van der Waals surface area contributed by atoms with Gasteiger partial charge in [0.05, 0.1) is 25.9 Å². The SMILES string of the molecule is OC1O[C@@H](COCc2ccccc2)[C@H](OCc2ccccc2)C1Cc1ccccc1. The van der Waals surface area contributed by atoms with E-state index in [-0.39, 0.29) is 18.1 Å². The smallest absolute Gasteiger partial charge is 0.160 e. The third-order valence-corrected chi connectivity index (χ3v) is 5.46. The molecule has 1 aliphatic rings. The summed E-state index contributed by atoms with van der Waals surface area (Å²) in [6.07, 6.45) is -0.759. The summed E-state index contributed by atoms with van der Waals surface area (Å²) in [7, 11) is 0. The molecule has 1 aliphatic heterocycles. The number of hydrogen-bond acceptors (Lipinski definition) is 4. The summed E-state index contributed by atoms with van der Waals surface area (Å²) in [6.45, 7) is 1.35. The van der Waals surface area contributed by atoms with Crippen molar-refractivity contribution in [3.63, 3.8) is 0 Å². The zero-order valence-electron chi connectivity index (χ0n) is 17.0. The van der Waals surface area contributed by atoms with Crippen LogP contribution >= 0.6 is 0 Å². The molecule has 4 heteroatoms. The van der Waals surface area contributed by atoms with Crippen molar-refractivity contribution < 1.29 is 19.3 Å². The van der Waals surface area contributed by atoms with E-state index in [1.807, 2.05) is 78.9 Å². The van der Waals surface area contributed by atoms with Crippen molar-refractivity contribution in [1.82, 2.24) is 0 Å². The summed E-state index contributed by atoms with van der Waals surface area (Å²) in [5.74, 6) is -0.151. The first-order chi connectivity index (χ1) is 14.8. The van der Waals surface area contributed by atoms with Gasteiger partial charge in [0.25, 0.3) is 0 Å². The van der Waals surface area contributed by atoms with Gasteiger partial charge in [-0.05, 0) is 23.1 Å². The number of aliphatic hydroxyl groups excluding tert-OH is 1. The molecule has 4 atom stereocenters. The number of ether oxygens (including phenoxy) is 3. The van der Waals surface area contributed by atoms with Gasteiger partial charge in [0.1, 0.15) is 6.10 Å². The van der Waals surface area contributed by atoms with E-state index in [4.69, 9.17) is 14.2 Å². The van der Waals surface area contributed by atoms with Gasteiger partial charge in [-0.1, -0.05) is 91.0 Å². The van der Waals surface area contributed by atoms with E-state index >= 15 is 0 Å². The molecular weight excluding hydrogens is 376 g/mol. The Bertz CT molecular complexity index is 869. The van der Waals surface area contributed by atoms with Crippen LogP contribution in [0.15, 0.2) is 91.0 Å². The minimum atomic E-state index is -0.878. The molecule has 1 N–H and O–H groups in total. The van der Waals surface area contributed by atoms with Crippen LogP contribution in [-0.2, 0) is 33.8 Å². The maximum atomic E-state index is 10.6. The van der Waals surface area contributed by atoms with E-state index in [0.29, 0.717) is 26.2 Å². The van der Waals surface area contributed by atoms with Gasteiger partial charge in [-0.3, -0.25) is 0 Å². The molecule has 0 aliphatic carbocycles. The molecule has 3 aromatic rings. The molecule has 0 spiro atoms. The lowest BCUT2D eigenvalue weighted by Crippen LogP contribution is -2.34. The van der Waals surface area contributed by atoms with Crippen molar-refractivity contribution in [2.45, 2.75) is 38.1 Å². The highest BCUT2D eigenvalue weighted by Crippen LogP contribution is 2.32. The van der Waals surface area contributed by atoms with Crippen LogP contribution in [0.3, 0.4) is 0 Å². The summed E-state index contributed by atoms with van der Waals surface area (Å²) in [6, 6.07) is 30.3. The summed E-state index contributed by atoms with van der Waals surface area (Å²) in [5, 5.41) is 10.6. The van der Waals surface area contributed by atoms with Crippen molar-refractivity contribution in [2.75, 3.05) is 6.61 Å². The second-order valence-electron chi connectivity index (χ2n) is 7.68. The molecule has 1 fully saturated rings. The van der Waals surface area contributed by atoms with Crippen LogP contribution < -0.4 is 0 Å². The average Bonchev–Trinajstić information content (AvgIpc) is 3.08. The standard InChI is InChI=1S/C26H28O4/c27-26-23(16-20-10-4-1-5-11-20)25(29-18-22-14-8-3-9-15-22)24(30-26)19-28-17-21-12-6-2-7-13-21/h1-15,23-27H,16-19H2/t23?,24-,25+,26?/m0/s1. The van der Waals surface area contributed by atoms with Crippen molar-refractivity contribution in [3.05, 3.63) is 108 Å². The highest BCUT2D eigenvalue weighted by molar-refractivity contribution is 5.17. The number of benzene rings is 3. The fraction of sp³-hybridized carbons (Fsp3) is 0.308. The van der Waals surface area contributed by atoms with E-state index in [1.54, 1.807) is 0 Å². The summed E-state index contributed by atoms with van der Waals surface area (Å²) < 4.78 is 18.1. The Morgan fingerprint density at radius 1 is 0.700 bits per heavy atom.